The molecule has 0 bridgehead atoms. The van der Waals surface area contributed by atoms with Gasteiger partial charge in [-0.1, -0.05) is 43.1 Å². The lowest BCUT2D eigenvalue weighted by atomic mass is 10.1. The molecule has 0 saturated carbocycles. The maximum absolute atomic E-state index is 12.7. The number of hydrogen-bond acceptors (Lipinski definition) is 4. The minimum atomic E-state index is -0.345. The van der Waals surface area contributed by atoms with Crippen LogP contribution in [0.4, 0.5) is 0 Å². The second-order valence-electron chi connectivity index (χ2n) is 6.63. The summed E-state index contributed by atoms with van der Waals surface area (Å²) in [6.45, 7) is 2.58. The number of amides is 2. The van der Waals surface area contributed by atoms with Gasteiger partial charge in [-0.2, -0.15) is 0 Å². The molecule has 0 aromatic heterocycles. The third-order valence-corrected chi connectivity index (χ3v) is 4.58. The average molecular weight is 431 g/mol. The van der Waals surface area contributed by atoms with E-state index in [0.29, 0.717) is 28.6 Å². The molecule has 0 aliphatic carbocycles. The van der Waals surface area contributed by atoms with E-state index in [1.165, 1.54) is 7.11 Å². The highest BCUT2D eigenvalue weighted by atomic mass is 35.5. The van der Waals surface area contributed by atoms with Gasteiger partial charge in [0.2, 0.25) is 5.91 Å². The summed E-state index contributed by atoms with van der Waals surface area (Å²) in [4.78, 5) is 25.2. The highest BCUT2D eigenvalue weighted by Gasteiger charge is 2.14. The number of unbranched alkanes of at least 4 members (excludes halogenated alkanes) is 1. The third-order valence-electron chi connectivity index (χ3n) is 4.33. The quantitative estimate of drug-likeness (QED) is 0.441. The van der Waals surface area contributed by atoms with Crippen molar-refractivity contribution in [2.45, 2.75) is 26.2 Å². The van der Waals surface area contributed by atoms with Crippen LogP contribution in [0.25, 0.3) is 6.08 Å². The zero-order valence-electron chi connectivity index (χ0n) is 17.5. The zero-order chi connectivity index (χ0) is 21.9. The van der Waals surface area contributed by atoms with Crippen LogP contribution in [0.2, 0.25) is 5.02 Å². The molecule has 2 amide bonds. The summed E-state index contributed by atoms with van der Waals surface area (Å²) < 4.78 is 10.6. The summed E-state index contributed by atoms with van der Waals surface area (Å²) in [6, 6.07) is 12.3. The minimum Gasteiger partial charge on any atom is -0.493 e. The Morgan fingerprint density at radius 3 is 2.37 bits per heavy atom. The molecule has 0 heterocycles. The summed E-state index contributed by atoms with van der Waals surface area (Å²) in [5, 5.41) is 6.16. The zero-order valence-corrected chi connectivity index (χ0v) is 18.2. The summed E-state index contributed by atoms with van der Waals surface area (Å²) in [5.41, 5.74) is 1.66. The molecule has 0 radical (unpaired) electrons. The molecule has 160 valence electrons. The molecule has 0 saturated heterocycles. The van der Waals surface area contributed by atoms with E-state index in [9.17, 15) is 9.59 Å². The van der Waals surface area contributed by atoms with E-state index >= 15 is 0 Å². The Kier molecular flexibility index (Phi) is 9.22. The Hall–Kier alpha value is -2.99. The van der Waals surface area contributed by atoms with E-state index in [2.05, 4.69) is 10.6 Å². The Balaban J connectivity index is 2.22. The number of benzene rings is 2. The van der Waals surface area contributed by atoms with Crippen LogP contribution in [0, 0.1) is 0 Å². The lowest BCUT2D eigenvalue weighted by Crippen LogP contribution is -2.35. The molecule has 0 aliphatic heterocycles. The first-order chi connectivity index (χ1) is 14.5. The van der Waals surface area contributed by atoms with Gasteiger partial charge in [0.1, 0.15) is 5.70 Å². The monoisotopic (exact) mass is 430 g/mol. The summed E-state index contributed by atoms with van der Waals surface area (Å²) in [6.07, 6.45) is 3.55. The molecule has 2 N–H and O–H groups in total. The molecule has 7 heteroatoms. The minimum absolute atomic E-state index is 0.128. The van der Waals surface area contributed by atoms with Gasteiger partial charge in [-0.3, -0.25) is 9.59 Å². The first kappa shape index (κ1) is 23.3. The standard InChI is InChI=1S/C23H27ClN2O4/c1-4-5-12-25-23(28)19(13-17-8-11-20(29-2)21(14-17)30-3)26-22(27)15-16-6-9-18(24)10-7-16/h6-11,13-14H,4-5,12,15H2,1-3H3,(H,25,28)(H,26,27)/b19-13+. The van der Waals surface area contributed by atoms with Gasteiger partial charge in [-0.25, -0.2) is 0 Å². The number of hydrogen-bond donors (Lipinski definition) is 2. The Labute approximate surface area is 182 Å². The lowest BCUT2D eigenvalue weighted by molar-refractivity contribution is -0.123. The maximum atomic E-state index is 12.7. The molecule has 0 aliphatic rings. The molecule has 6 nitrogen and oxygen atoms in total. The Morgan fingerprint density at radius 2 is 1.73 bits per heavy atom. The van der Waals surface area contributed by atoms with Crippen LogP contribution in [-0.4, -0.2) is 32.6 Å². The normalized spacial score (nSPS) is 11.0. The molecule has 0 fully saturated rings. The summed E-state index contributed by atoms with van der Waals surface area (Å²) in [5.74, 6) is 0.470. The van der Waals surface area contributed by atoms with E-state index in [-0.39, 0.29) is 23.9 Å². The highest BCUT2D eigenvalue weighted by Crippen LogP contribution is 2.28. The van der Waals surface area contributed by atoms with Crippen molar-refractivity contribution in [2.24, 2.45) is 0 Å². The molecule has 2 aromatic carbocycles. The van der Waals surface area contributed by atoms with Crippen molar-refractivity contribution >= 4 is 29.5 Å². The van der Waals surface area contributed by atoms with Crippen LogP contribution in [0.1, 0.15) is 30.9 Å². The number of ether oxygens (including phenoxy) is 2. The largest absolute Gasteiger partial charge is 0.493 e. The number of halogens is 1. The van der Waals surface area contributed by atoms with Crippen molar-refractivity contribution in [1.82, 2.24) is 10.6 Å². The summed E-state index contributed by atoms with van der Waals surface area (Å²) in [7, 11) is 3.09. The van der Waals surface area contributed by atoms with Crippen molar-refractivity contribution in [3.8, 4) is 11.5 Å². The highest BCUT2D eigenvalue weighted by molar-refractivity contribution is 6.30. The van der Waals surface area contributed by atoms with Crippen LogP contribution in [0.3, 0.4) is 0 Å². The number of carbonyl (C=O) groups excluding carboxylic acids is 2. The second kappa shape index (κ2) is 11.9. The lowest BCUT2D eigenvalue weighted by Gasteiger charge is -2.12. The fourth-order valence-electron chi connectivity index (χ4n) is 2.72. The number of carbonyl (C=O) groups is 2. The topological polar surface area (TPSA) is 76.7 Å². The SMILES string of the molecule is CCCCNC(=O)/C(=C\c1ccc(OC)c(OC)c1)NC(=O)Cc1ccc(Cl)cc1. The molecule has 30 heavy (non-hydrogen) atoms. The second-order valence-corrected chi connectivity index (χ2v) is 7.07. The van der Waals surface area contributed by atoms with E-state index in [4.69, 9.17) is 21.1 Å². The molecule has 2 rings (SSSR count). The van der Waals surface area contributed by atoms with Crippen molar-refractivity contribution in [3.05, 3.63) is 64.3 Å². The van der Waals surface area contributed by atoms with Gasteiger partial charge in [-0.05, 0) is 47.9 Å². The number of methoxy groups -OCH3 is 2. The average Bonchev–Trinajstić information content (AvgIpc) is 2.74. The van der Waals surface area contributed by atoms with E-state index in [1.54, 1.807) is 55.7 Å². The van der Waals surface area contributed by atoms with Crippen LogP contribution in [-0.2, 0) is 16.0 Å². The van der Waals surface area contributed by atoms with Crippen LogP contribution >= 0.6 is 11.6 Å². The molecule has 0 spiro atoms. The van der Waals surface area contributed by atoms with Crippen molar-refractivity contribution in [3.63, 3.8) is 0 Å². The fourth-order valence-corrected chi connectivity index (χ4v) is 2.85. The maximum Gasteiger partial charge on any atom is 0.267 e. The smallest absolute Gasteiger partial charge is 0.267 e. The fraction of sp³-hybridized carbons (Fsp3) is 0.304. The van der Waals surface area contributed by atoms with Gasteiger partial charge in [0.05, 0.1) is 20.6 Å². The van der Waals surface area contributed by atoms with Crippen LogP contribution in [0.5, 0.6) is 11.5 Å². The van der Waals surface area contributed by atoms with Gasteiger partial charge in [-0.15, -0.1) is 0 Å². The Morgan fingerprint density at radius 1 is 1.03 bits per heavy atom. The Bertz CT molecular complexity index is 895. The van der Waals surface area contributed by atoms with Crippen molar-refractivity contribution in [1.29, 1.82) is 0 Å². The van der Waals surface area contributed by atoms with Crippen LogP contribution in [0.15, 0.2) is 48.2 Å². The molecule has 2 aromatic rings. The molecule has 0 atom stereocenters. The van der Waals surface area contributed by atoms with Gasteiger partial charge in [0, 0.05) is 11.6 Å². The van der Waals surface area contributed by atoms with Gasteiger partial charge < -0.3 is 20.1 Å². The number of nitrogens with one attached hydrogen (secondary N) is 2. The molecule has 0 unspecified atom stereocenters. The summed E-state index contributed by atoms with van der Waals surface area (Å²) >= 11 is 5.89. The van der Waals surface area contributed by atoms with Crippen LogP contribution < -0.4 is 20.1 Å². The van der Waals surface area contributed by atoms with E-state index in [0.717, 1.165) is 18.4 Å². The first-order valence-corrected chi connectivity index (χ1v) is 10.1. The first-order valence-electron chi connectivity index (χ1n) is 9.73. The molecular weight excluding hydrogens is 404 g/mol. The molecular formula is C23H27ClN2O4. The third kappa shape index (κ3) is 7.12. The van der Waals surface area contributed by atoms with Gasteiger partial charge in [0.25, 0.3) is 5.91 Å². The van der Waals surface area contributed by atoms with Crippen molar-refractivity contribution < 1.29 is 19.1 Å². The van der Waals surface area contributed by atoms with Gasteiger partial charge in [0.15, 0.2) is 11.5 Å². The predicted octanol–water partition coefficient (Wildman–Crippen LogP) is 3.97. The van der Waals surface area contributed by atoms with Gasteiger partial charge >= 0.3 is 0 Å². The van der Waals surface area contributed by atoms with Crippen molar-refractivity contribution in [2.75, 3.05) is 20.8 Å². The number of rotatable bonds is 10. The van der Waals surface area contributed by atoms with E-state index in [1.807, 2.05) is 6.92 Å². The predicted molar refractivity (Wildman–Crippen MR) is 119 cm³/mol. The van der Waals surface area contributed by atoms with E-state index < -0.39 is 0 Å².